The first-order chi connectivity index (χ1) is 8.31. The van der Waals surface area contributed by atoms with Gasteiger partial charge >= 0.3 is 0 Å². The molecule has 0 bridgehead atoms. The highest BCUT2D eigenvalue weighted by Gasteiger charge is 2.19. The molecule has 1 unspecified atom stereocenters. The van der Waals surface area contributed by atoms with E-state index in [0.717, 1.165) is 19.6 Å². The lowest BCUT2D eigenvalue weighted by Crippen LogP contribution is -2.43. The number of nitrogens with zero attached hydrogens (tertiary/aromatic N) is 1. The molecule has 17 heavy (non-hydrogen) atoms. The Morgan fingerprint density at radius 1 is 1.29 bits per heavy atom. The second-order valence-corrected chi connectivity index (χ2v) is 5.04. The van der Waals surface area contributed by atoms with E-state index in [2.05, 4.69) is 48.3 Å². The van der Waals surface area contributed by atoms with Gasteiger partial charge in [0.25, 0.3) is 0 Å². The van der Waals surface area contributed by atoms with E-state index in [-0.39, 0.29) is 0 Å². The molecule has 0 spiro atoms. The van der Waals surface area contributed by atoms with Gasteiger partial charge in [-0.2, -0.15) is 0 Å². The molecule has 1 aliphatic heterocycles. The van der Waals surface area contributed by atoms with Gasteiger partial charge in [0.15, 0.2) is 0 Å². The Labute approximate surface area is 105 Å². The first kappa shape index (κ1) is 12.6. The molecule has 0 fully saturated rings. The normalized spacial score (nSPS) is 17.8. The summed E-state index contributed by atoms with van der Waals surface area (Å²) in [5.74, 6) is 0. The Morgan fingerprint density at radius 2 is 2.06 bits per heavy atom. The monoisotopic (exact) mass is 232 g/mol. The molecule has 0 radical (unpaired) electrons. The van der Waals surface area contributed by atoms with Crippen molar-refractivity contribution in [2.75, 3.05) is 19.6 Å². The summed E-state index contributed by atoms with van der Waals surface area (Å²) in [4.78, 5) is 2.59. The fourth-order valence-corrected chi connectivity index (χ4v) is 2.51. The number of rotatable bonds is 5. The summed E-state index contributed by atoms with van der Waals surface area (Å²) < 4.78 is 0. The Hall–Kier alpha value is -0.860. The number of nitrogens with one attached hydrogen (secondary N) is 1. The number of hydrogen-bond donors (Lipinski definition) is 1. The summed E-state index contributed by atoms with van der Waals surface area (Å²) in [5.41, 5.74) is 3.05. The molecule has 1 aliphatic rings. The van der Waals surface area contributed by atoms with Crippen molar-refractivity contribution in [1.29, 1.82) is 0 Å². The smallest absolute Gasteiger partial charge is 0.0239 e. The maximum Gasteiger partial charge on any atom is 0.0239 e. The molecule has 1 heterocycles. The van der Waals surface area contributed by atoms with Crippen molar-refractivity contribution in [3.05, 3.63) is 35.4 Å². The van der Waals surface area contributed by atoms with E-state index in [1.807, 2.05) is 0 Å². The van der Waals surface area contributed by atoms with Crippen molar-refractivity contribution < 1.29 is 0 Å². The molecule has 2 heteroatoms. The van der Waals surface area contributed by atoms with Gasteiger partial charge in [0, 0.05) is 25.7 Å². The van der Waals surface area contributed by atoms with Crippen molar-refractivity contribution in [2.24, 2.45) is 0 Å². The van der Waals surface area contributed by atoms with Gasteiger partial charge in [0.1, 0.15) is 0 Å². The minimum absolute atomic E-state index is 0.634. The summed E-state index contributed by atoms with van der Waals surface area (Å²) in [5, 5.41) is 3.51. The topological polar surface area (TPSA) is 15.3 Å². The average Bonchev–Trinajstić information content (AvgIpc) is 2.38. The van der Waals surface area contributed by atoms with Crippen LogP contribution in [0.3, 0.4) is 0 Å². The van der Waals surface area contributed by atoms with E-state index in [1.54, 1.807) is 0 Å². The third-order valence-electron chi connectivity index (χ3n) is 3.65. The summed E-state index contributed by atoms with van der Waals surface area (Å²) in [6.07, 6.45) is 2.42. The molecule has 1 atom stereocenters. The second kappa shape index (κ2) is 6.18. The van der Waals surface area contributed by atoms with Crippen molar-refractivity contribution in [1.82, 2.24) is 10.2 Å². The molecule has 0 aliphatic carbocycles. The van der Waals surface area contributed by atoms with Gasteiger partial charge in [-0.15, -0.1) is 0 Å². The van der Waals surface area contributed by atoms with E-state index in [9.17, 15) is 0 Å². The first-order valence-electron chi connectivity index (χ1n) is 6.82. The lowest BCUT2D eigenvalue weighted by Gasteiger charge is -2.33. The third kappa shape index (κ3) is 3.30. The molecular formula is C15H24N2. The van der Waals surface area contributed by atoms with Crippen LogP contribution in [0.25, 0.3) is 0 Å². The zero-order valence-electron chi connectivity index (χ0n) is 11.1. The molecule has 1 N–H and O–H groups in total. The molecule has 1 aromatic carbocycles. The third-order valence-corrected chi connectivity index (χ3v) is 3.65. The van der Waals surface area contributed by atoms with Crippen LogP contribution in [0, 0.1) is 0 Å². The van der Waals surface area contributed by atoms with Crippen LogP contribution >= 0.6 is 0 Å². The van der Waals surface area contributed by atoms with Gasteiger partial charge in [-0.25, -0.2) is 0 Å². The van der Waals surface area contributed by atoms with Gasteiger partial charge in [-0.05, 0) is 37.4 Å². The van der Waals surface area contributed by atoms with Crippen LogP contribution in [0.4, 0.5) is 0 Å². The van der Waals surface area contributed by atoms with Crippen LogP contribution in [0.15, 0.2) is 24.3 Å². The quantitative estimate of drug-likeness (QED) is 0.784. The van der Waals surface area contributed by atoms with E-state index in [0.29, 0.717) is 6.04 Å². The largest absolute Gasteiger partial charge is 0.315 e. The SMILES string of the molecule is CCCNCC(C)N1CCc2ccccc2C1. The minimum atomic E-state index is 0.634. The Morgan fingerprint density at radius 3 is 2.82 bits per heavy atom. The highest BCUT2D eigenvalue weighted by Crippen LogP contribution is 2.19. The van der Waals surface area contributed by atoms with Crippen molar-refractivity contribution in [3.63, 3.8) is 0 Å². The van der Waals surface area contributed by atoms with E-state index in [1.165, 1.54) is 30.5 Å². The zero-order valence-corrected chi connectivity index (χ0v) is 11.1. The summed E-state index contributed by atoms with van der Waals surface area (Å²) in [6.45, 7) is 9.10. The second-order valence-electron chi connectivity index (χ2n) is 5.04. The first-order valence-corrected chi connectivity index (χ1v) is 6.82. The fourth-order valence-electron chi connectivity index (χ4n) is 2.51. The van der Waals surface area contributed by atoms with E-state index < -0.39 is 0 Å². The van der Waals surface area contributed by atoms with Crippen LogP contribution in [0.1, 0.15) is 31.4 Å². The predicted molar refractivity (Wildman–Crippen MR) is 73.2 cm³/mol. The molecule has 0 saturated carbocycles. The maximum absolute atomic E-state index is 3.51. The molecular weight excluding hydrogens is 208 g/mol. The molecule has 2 rings (SSSR count). The summed E-state index contributed by atoms with van der Waals surface area (Å²) >= 11 is 0. The van der Waals surface area contributed by atoms with Crippen molar-refractivity contribution in [3.8, 4) is 0 Å². The molecule has 2 nitrogen and oxygen atoms in total. The summed E-state index contributed by atoms with van der Waals surface area (Å²) in [7, 11) is 0. The Balaban J connectivity index is 1.88. The van der Waals surface area contributed by atoms with Crippen LogP contribution in [-0.2, 0) is 13.0 Å². The van der Waals surface area contributed by atoms with Gasteiger partial charge in [0.2, 0.25) is 0 Å². The Kier molecular flexibility index (Phi) is 4.57. The lowest BCUT2D eigenvalue weighted by molar-refractivity contribution is 0.187. The standard InChI is InChI=1S/C15H24N2/c1-3-9-16-11-13(2)17-10-8-14-6-4-5-7-15(14)12-17/h4-7,13,16H,3,8-12H2,1-2H3. The number of fused-ring (bicyclic) bond motifs is 1. The molecule has 0 amide bonds. The predicted octanol–water partition coefficient (Wildman–Crippen LogP) is 2.43. The number of benzene rings is 1. The minimum Gasteiger partial charge on any atom is -0.315 e. The van der Waals surface area contributed by atoms with Crippen LogP contribution in [0.2, 0.25) is 0 Å². The number of hydrogen-bond acceptors (Lipinski definition) is 2. The summed E-state index contributed by atoms with van der Waals surface area (Å²) in [6, 6.07) is 9.48. The van der Waals surface area contributed by atoms with Crippen molar-refractivity contribution >= 4 is 0 Å². The molecule has 0 aromatic heterocycles. The van der Waals surface area contributed by atoms with Crippen LogP contribution in [0.5, 0.6) is 0 Å². The molecule has 94 valence electrons. The van der Waals surface area contributed by atoms with E-state index >= 15 is 0 Å². The van der Waals surface area contributed by atoms with E-state index in [4.69, 9.17) is 0 Å². The molecule has 1 aromatic rings. The van der Waals surface area contributed by atoms with Gasteiger partial charge < -0.3 is 5.32 Å². The zero-order chi connectivity index (χ0) is 12.1. The van der Waals surface area contributed by atoms with Crippen LogP contribution < -0.4 is 5.32 Å². The highest BCUT2D eigenvalue weighted by molar-refractivity contribution is 5.29. The van der Waals surface area contributed by atoms with Gasteiger partial charge in [0.05, 0.1) is 0 Å². The maximum atomic E-state index is 3.51. The van der Waals surface area contributed by atoms with Crippen LogP contribution in [-0.4, -0.2) is 30.6 Å². The fraction of sp³-hybridized carbons (Fsp3) is 0.600. The lowest BCUT2D eigenvalue weighted by atomic mass is 9.99. The average molecular weight is 232 g/mol. The highest BCUT2D eigenvalue weighted by atomic mass is 15.2. The molecule has 0 saturated heterocycles. The van der Waals surface area contributed by atoms with Crippen molar-refractivity contribution in [2.45, 2.75) is 39.3 Å². The van der Waals surface area contributed by atoms with Gasteiger partial charge in [-0.3, -0.25) is 4.90 Å². The van der Waals surface area contributed by atoms with Gasteiger partial charge in [-0.1, -0.05) is 31.2 Å². The Bertz CT molecular complexity index is 349.